The molecule has 1 aliphatic rings. The zero-order chi connectivity index (χ0) is 8.39. The number of hydrogen-bond donors (Lipinski definition) is 1. The smallest absolute Gasteiger partial charge is 0.0921 e. The lowest BCUT2D eigenvalue weighted by molar-refractivity contribution is 0.344. The third kappa shape index (κ3) is 1.52. The summed E-state index contributed by atoms with van der Waals surface area (Å²) in [5, 5.41) is 0. The zero-order valence-electron chi connectivity index (χ0n) is 7.59. The first-order valence-electron chi connectivity index (χ1n) is 4.84. The van der Waals surface area contributed by atoms with Crippen LogP contribution in [-0.2, 0) is 0 Å². The summed E-state index contributed by atoms with van der Waals surface area (Å²) in [6, 6.07) is 0. The fraction of sp³-hybridized carbons (Fsp3) is 0.700. The second-order valence-corrected chi connectivity index (χ2v) is 3.96. The van der Waals surface area contributed by atoms with Crippen LogP contribution in [0.15, 0.2) is 12.5 Å². The van der Waals surface area contributed by atoms with Crippen molar-refractivity contribution in [3.05, 3.63) is 18.2 Å². The Balaban J connectivity index is 1.99. The molecule has 0 radical (unpaired) electrons. The van der Waals surface area contributed by atoms with Crippen LogP contribution in [0.5, 0.6) is 0 Å². The standard InChI is InChI=1S/C10H16N2/c1-8-2-4-9(5-3-8)10-6-11-7-12-10/h6-9H,2-5H2,1H3,(H,11,12). The Hall–Kier alpha value is -0.790. The second kappa shape index (κ2) is 3.30. The lowest BCUT2D eigenvalue weighted by Gasteiger charge is -2.24. The lowest BCUT2D eigenvalue weighted by atomic mass is 9.82. The Morgan fingerprint density at radius 3 is 2.67 bits per heavy atom. The maximum atomic E-state index is 4.06. The molecule has 1 saturated carbocycles. The highest BCUT2D eigenvalue weighted by molar-refractivity contribution is 5.04. The molecule has 0 aliphatic heterocycles. The van der Waals surface area contributed by atoms with Gasteiger partial charge in [-0.3, -0.25) is 0 Å². The van der Waals surface area contributed by atoms with Crippen LogP contribution in [0, 0.1) is 5.92 Å². The Labute approximate surface area is 73.4 Å². The molecule has 1 aliphatic carbocycles. The van der Waals surface area contributed by atoms with Crippen molar-refractivity contribution in [1.29, 1.82) is 0 Å². The van der Waals surface area contributed by atoms with Crippen LogP contribution in [-0.4, -0.2) is 9.97 Å². The average Bonchev–Trinajstić information content (AvgIpc) is 2.58. The third-order valence-corrected chi connectivity index (χ3v) is 2.98. The number of aromatic amines is 1. The molecule has 1 N–H and O–H groups in total. The van der Waals surface area contributed by atoms with Gasteiger partial charge in [-0.05, 0) is 18.8 Å². The van der Waals surface area contributed by atoms with Crippen molar-refractivity contribution in [3.8, 4) is 0 Å². The van der Waals surface area contributed by atoms with Crippen molar-refractivity contribution in [1.82, 2.24) is 9.97 Å². The van der Waals surface area contributed by atoms with Gasteiger partial charge >= 0.3 is 0 Å². The van der Waals surface area contributed by atoms with E-state index >= 15 is 0 Å². The van der Waals surface area contributed by atoms with Crippen LogP contribution in [0.4, 0.5) is 0 Å². The summed E-state index contributed by atoms with van der Waals surface area (Å²) in [5.41, 5.74) is 1.34. The van der Waals surface area contributed by atoms with Gasteiger partial charge in [-0.2, -0.15) is 0 Å². The number of hydrogen-bond acceptors (Lipinski definition) is 1. The zero-order valence-corrected chi connectivity index (χ0v) is 7.59. The molecule has 1 fully saturated rings. The molecule has 2 nitrogen and oxygen atoms in total. The number of nitrogens with zero attached hydrogens (tertiary/aromatic N) is 1. The number of aromatic nitrogens is 2. The molecule has 2 heteroatoms. The van der Waals surface area contributed by atoms with Crippen LogP contribution in [0.3, 0.4) is 0 Å². The van der Waals surface area contributed by atoms with Crippen LogP contribution in [0.2, 0.25) is 0 Å². The first kappa shape index (κ1) is 7.84. The van der Waals surface area contributed by atoms with Crippen LogP contribution < -0.4 is 0 Å². The van der Waals surface area contributed by atoms with E-state index in [0.29, 0.717) is 0 Å². The van der Waals surface area contributed by atoms with Gasteiger partial charge in [0.25, 0.3) is 0 Å². The van der Waals surface area contributed by atoms with Crippen molar-refractivity contribution >= 4 is 0 Å². The van der Waals surface area contributed by atoms with E-state index in [4.69, 9.17) is 0 Å². The summed E-state index contributed by atoms with van der Waals surface area (Å²) < 4.78 is 0. The van der Waals surface area contributed by atoms with E-state index in [1.807, 2.05) is 6.20 Å². The molecule has 0 saturated heterocycles. The van der Waals surface area contributed by atoms with Gasteiger partial charge in [0.1, 0.15) is 0 Å². The Kier molecular flexibility index (Phi) is 2.15. The highest BCUT2D eigenvalue weighted by Gasteiger charge is 2.20. The van der Waals surface area contributed by atoms with Gasteiger partial charge < -0.3 is 4.98 Å². The van der Waals surface area contributed by atoms with Gasteiger partial charge in [-0.15, -0.1) is 0 Å². The van der Waals surface area contributed by atoms with Gasteiger partial charge in [0, 0.05) is 17.8 Å². The summed E-state index contributed by atoms with van der Waals surface area (Å²) in [4.78, 5) is 7.27. The summed E-state index contributed by atoms with van der Waals surface area (Å²) in [7, 11) is 0. The highest BCUT2D eigenvalue weighted by Crippen LogP contribution is 2.34. The van der Waals surface area contributed by atoms with Crippen molar-refractivity contribution in [2.24, 2.45) is 5.92 Å². The summed E-state index contributed by atoms with van der Waals surface area (Å²) in [6.45, 7) is 2.35. The minimum Gasteiger partial charge on any atom is -0.348 e. The SMILES string of the molecule is CC1CCC(c2cnc[nH]2)CC1. The van der Waals surface area contributed by atoms with Crippen molar-refractivity contribution in [2.45, 2.75) is 38.5 Å². The molecule has 12 heavy (non-hydrogen) atoms. The predicted molar refractivity (Wildman–Crippen MR) is 49.0 cm³/mol. The lowest BCUT2D eigenvalue weighted by Crippen LogP contribution is -2.10. The second-order valence-electron chi connectivity index (χ2n) is 3.96. The molecule has 1 heterocycles. The quantitative estimate of drug-likeness (QED) is 0.679. The number of imidazole rings is 1. The van der Waals surface area contributed by atoms with Crippen LogP contribution in [0.1, 0.15) is 44.2 Å². The fourth-order valence-electron chi connectivity index (χ4n) is 2.06. The Bertz CT molecular complexity index is 220. The molecule has 0 aromatic carbocycles. The number of rotatable bonds is 1. The molecule has 1 aromatic heterocycles. The average molecular weight is 164 g/mol. The predicted octanol–water partition coefficient (Wildman–Crippen LogP) is 2.70. The minimum absolute atomic E-state index is 0.753. The van der Waals surface area contributed by atoms with E-state index in [2.05, 4.69) is 16.9 Å². The van der Waals surface area contributed by atoms with Gasteiger partial charge in [-0.25, -0.2) is 4.98 Å². The van der Waals surface area contributed by atoms with Gasteiger partial charge in [-0.1, -0.05) is 19.8 Å². The number of nitrogens with one attached hydrogen (secondary N) is 1. The van der Waals surface area contributed by atoms with E-state index in [-0.39, 0.29) is 0 Å². The molecule has 0 atom stereocenters. The minimum atomic E-state index is 0.753. The first-order valence-corrected chi connectivity index (χ1v) is 4.84. The molecule has 2 rings (SSSR count). The molecule has 0 amide bonds. The van der Waals surface area contributed by atoms with Crippen LogP contribution >= 0.6 is 0 Å². The number of H-pyrrole nitrogens is 1. The maximum absolute atomic E-state index is 4.06. The summed E-state index contributed by atoms with van der Waals surface area (Å²) in [5.74, 6) is 1.69. The normalized spacial score (nSPS) is 30.4. The largest absolute Gasteiger partial charge is 0.348 e. The highest BCUT2D eigenvalue weighted by atomic mass is 14.9. The molecule has 0 bridgehead atoms. The van der Waals surface area contributed by atoms with E-state index < -0.39 is 0 Å². The molecule has 1 aromatic rings. The van der Waals surface area contributed by atoms with Gasteiger partial charge in [0.2, 0.25) is 0 Å². The molecule has 0 unspecified atom stereocenters. The van der Waals surface area contributed by atoms with Crippen LogP contribution in [0.25, 0.3) is 0 Å². The molecular weight excluding hydrogens is 148 g/mol. The fourth-order valence-corrected chi connectivity index (χ4v) is 2.06. The van der Waals surface area contributed by atoms with Crippen molar-refractivity contribution in [3.63, 3.8) is 0 Å². The first-order chi connectivity index (χ1) is 5.86. The third-order valence-electron chi connectivity index (χ3n) is 2.98. The van der Waals surface area contributed by atoms with Crippen molar-refractivity contribution in [2.75, 3.05) is 0 Å². The molecule has 66 valence electrons. The van der Waals surface area contributed by atoms with Crippen molar-refractivity contribution < 1.29 is 0 Å². The Morgan fingerprint density at radius 1 is 1.33 bits per heavy atom. The topological polar surface area (TPSA) is 28.7 Å². The van der Waals surface area contributed by atoms with E-state index in [0.717, 1.165) is 11.8 Å². The van der Waals surface area contributed by atoms with Gasteiger partial charge in [0.15, 0.2) is 0 Å². The van der Waals surface area contributed by atoms with E-state index in [1.165, 1.54) is 31.4 Å². The van der Waals surface area contributed by atoms with Gasteiger partial charge in [0.05, 0.1) is 6.33 Å². The molecular formula is C10H16N2. The van der Waals surface area contributed by atoms with E-state index in [9.17, 15) is 0 Å². The maximum Gasteiger partial charge on any atom is 0.0921 e. The monoisotopic (exact) mass is 164 g/mol. The molecule has 0 spiro atoms. The van der Waals surface area contributed by atoms with E-state index in [1.54, 1.807) is 6.33 Å². The summed E-state index contributed by atoms with van der Waals surface area (Å²) >= 11 is 0. The Morgan fingerprint density at radius 2 is 2.08 bits per heavy atom. The summed E-state index contributed by atoms with van der Waals surface area (Å²) in [6.07, 6.45) is 9.19.